The Morgan fingerprint density at radius 2 is 2.29 bits per heavy atom. The molecule has 1 fully saturated rings. The van der Waals surface area contributed by atoms with Crippen LogP contribution in [0.4, 0.5) is 0 Å². The van der Waals surface area contributed by atoms with E-state index in [-0.39, 0.29) is 6.04 Å². The maximum absolute atomic E-state index is 5.50. The third kappa shape index (κ3) is 3.19. The van der Waals surface area contributed by atoms with Crippen LogP contribution in [0.3, 0.4) is 0 Å². The standard InChI is InChI=1S/C16H20BrN3O/c1-3-11-6-7-18-14(9-11)16-19-15(20-21-16)13-5-4-12(17)8-10(13)2/h4-5,8,11,14,18H,3,6-7,9H2,1-2H3. The number of hydrogen-bond donors (Lipinski definition) is 1. The summed E-state index contributed by atoms with van der Waals surface area (Å²) >= 11 is 3.48. The van der Waals surface area contributed by atoms with Crippen LogP contribution in [0.15, 0.2) is 27.2 Å². The number of halogens is 1. The van der Waals surface area contributed by atoms with Gasteiger partial charge in [0, 0.05) is 10.0 Å². The van der Waals surface area contributed by atoms with Crippen molar-refractivity contribution in [1.29, 1.82) is 0 Å². The van der Waals surface area contributed by atoms with Gasteiger partial charge in [-0.05, 0) is 56.0 Å². The van der Waals surface area contributed by atoms with E-state index < -0.39 is 0 Å². The predicted octanol–water partition coefficient (Wildman–Crippen LogP) is 4.26. The molecule has 2 aromatic rings. The minimum atomic E-state index is 0.195. The van der Waals surface area contributed by atoms with Crippen LogP contribution < -0.4 is 5.32 Å². The zero-order valence-corrected chi connectivity index (χ0v) is 14.0. The summed E-state index contributed by atoms with van der Waals surface area (Å²) in [5.41, 5.74) is 2.16. The molecule has 2 atom stereocenters. The van der Waals surface area contributed by atoms with Gasteiger partial charge in [-0.15, -0.1) is 0 Å². The van der Waals surface area contributed by atoms with E-state index in [4.69, 9.17) is 4.52 Å². The second kappa shape index (κ2) is 6.28. The Morgan fingerprint density at radius 3 is 3.05 bits per heavy atom. The molecule has 0 bridgehead atoms. The van der Waals surface area contributed by atoms with Crippen LogP contribution in [-0.4, -0.2) is 16.7 Å². The molecule has 0 saturated carbocycles. The third-order valence-corrected chi connectivity index (χ3v) is 4.75. The smallest absolute Gasteiger partial charge is 0.244 e. The van der Waals surface area contributed by atoms with Gasteiger partial charge in [0.2, 0.25) is 11.7 Å². The zero-order chi connectivity index (χ0) is 14.8. The average Bonchev–Trinajstić information content (AvgIpc) is 2.97. The molecule has 5 heteroatoms. The number of aryl methyl sites for hydroxylation is 1. The van der Waals surface area contributed by atoms with Crippen LogP contribution in [0.2, 0.25) is 0 Å². The number of hydrogen-bond acceptors (Lipinski definition) is 4. The van der Waals surface area contributed by atoms with Gasteiger partial charge >= 0.3 is 0 Å². The Kier molecular flexibility index (Phi) is 4.40. The maximum Gasteiger partial charge on any atom is 0.244 e. The fourth-order valence-electron chi connectivity index (χ4n) is 2.92. The van der Waals surface area contributed by atoms with Crippen LogP contribution >= 0.6 is 15.9 Å². The number of nitrogens with zero attached hydrogens (tertiary/aromatic N) is 2. The molecule has 0 spiro atoms. The molecule has 4 nitrogen and oxygen atoms in total. The van der Waals surface area contributed by atoms with E-state index in [0.29, 0.717) is 11.7 Å². The predicted molar refractivity (Wildman–Crippen MR) is 85.9 cm³/mol. The molecular formula is C16H20BrN3O. The summed E-state index contributed by atoms with van der Waals surface area (Å²) < 4.78 is 6.56. The molecule has 0 radical (unpaired) electrons. The largest absolute Gasteiger partial charge is 0.337 e. The first kappa shape index (κ1) is 14.7. The normalized spacial score (nSPS) is 22.4. The van der Waals surface area contributed by atoms with Crippen molar-refractivity contribution in [2.75, 3.05) is 6.54 Å². The highest BCUT2D eigenvalue weighted by Gasteiger charge is 2.26. The van der Waals surface area contributed by atoms with E-state index in [1.165, 1.54) is 12.8 Å². The lowest BCUT2D eigenvalue weighted by molar-refractivity contribution is 0.246. The summed E-state index contributed by atoms with van der Waals surface area (Å²) in [6.07, 6.45) is 3.53. The Morgan fingerprint density at radius 1 is 1.43 bits per heavy atom. The van der Waals surface area contributed by atoms with Gasteiger partial charge in [0.25, 0.3) is 0 Å². The fraction of sp³-hybridized carbons (Fsp3) is 0.500. The molecule has 1 N–H and O–H groups in total. The number of rotatable bonds is 3. The van der Waals surface area contributed by atoms with Crippen molar-refractivity contribution in [3.63, 3.8) is 0 Å². The van der Waals surface area contributed by atoms with Gasteiger partial charge < -0.3 is 9.84 Å². The first-order valence-corrected chi connectivity index (χ1v) is 8.30. The Labute approximate surface area is 133 Å². The summed E-state index contributed by atoms with van der Waals surface area (Å²) in [5, 5.41) is 7.65. The minimum absolute atomic E-state index is 0.195. The molecule has 21 heavy (non-hydrogen) atoms. The number of benzene rings is 1. The maximum atomic E-state index is 5.50. The van der Waals surface area contributed by atoms with Crippen molar-refractivity contribution in [3.05, 3.63) is 34.1 Å². The number of nitrogens with one attached hydrogen (secondary N) is 1. The van der Waals surface area contributed by atoms with Crippen molar-refractivity contribution in [1.82, 2.24) is 15.5 Å². The highest BCUT2D eigenvalue weighted by Crippen LogP contribution is 2.30. The molecule has 1 aliphatic rings. The lowest BCUT2D eigenvalue weighted by atomic mass is 9.90. The van der Waals surface area contributed by atoms with Gasteiger partial charge in [-0.1, -0.05) is 34.4 Å². The van der Waals surface area contributed by atoms with Crippen molar-refractivity contribution >= 4 is 15.9 Å². The molecule has 1 aromatic heterocycles. The van der Waals surface area contributed by atoms with E-state index in [0.717, 1.165) is 34.5 Å². The minimum Gasteiger partial charge on any atom is -0.337 e. The van der Waals surface area contributed by atoms with Gasteiger partial charge in [0.15, 0.2) is 0 Å². The third-order valence-electron chi connectivity index (χ3n) is 4.26. The fourth-order valence-corrected chi connectivity index (χ4v) is 3.39. The average molecular weight is 350 g/mol. The van der Waals surface area contributed by atoms with E-state index in [2.05, 4.69) is 51.3 Å². The van der Waals surface area contributed by atoms with E-state index in [1.807, 2.05) is 12.1 Å². The van der Waals surface area contributed by atoms with Gasteiger partial charge in [0.05, 0.1) is 6.04 Å². The van der Waals surface area contributed by atoms with E-state index in [1.54, 1.807) is 0 Å². The van der Waals surface area contributed by atoms with E-state index >= 15 is 0 Å². The summed E-state index contributed by atoms with van der Waals surface area (Å²) in [6.45, 7) is 5.33. The van der Waals surface area contributed by atoms with Gasteiger partial charge in [-0.3, -0.25) is 0 Å². The summed E-state index contributed by atoms with van der Waals surface area (Å²) in [4.78, 5) is 4.61. The summed E-state index contributed by atoms with van der Waals surface area (Å²) in [6, 6.07) is 6.29. The first-order chi connectivity index (χ1) is 10.2. The van der Waals surface area contributed by atoms with Gasteiger partial charge in [-0.2, -0.15) is 4.98 Å². The zero-order valence-electron chi connectivity index (χ0n) is 12.4. The number of piperidine rings is 1. The van der Waals surface area contributed by atoms with Crippen molar-refractivity contribution in [3.8, 4) is 11.4 Å². The quantitative estimate of drug-likeness (QED) is 0.899. The Hall–Kier alpha value is -1.20. The van der Waals surface area contributed by atoms with Crippen LogP contribution in [0.25, 0.3) is 11.4 Å². The van der Waals surface area contributed by atoms with Crippen molar-refractivity contribution in [2.45, 2.75) is 39.2 Å². The van der Waals surface area contributed by atoms with Crippen LogP contribution in [-0.2, 0) is 0 Å². The summed E-state index contributed by atoms with van der Waals surface area (Å²) in [7, 11) is 0. The topological polar surface area (TPSA) is 51.0 Å². The van der Waals surface area contributed by atoms with E-state index in [9.17, 15) is 0 Å². The molecule has 112 valence electrons. The molecule has 2 heterocycles. The Balaban J connectivity index is 1.83. The highest BCUT2D eigenvalue weighted by atomic mass is 79.9. The molecule has 0 aliphatic carbocycles. The highest BCUT2D eigenvalue weighted by molar-refractivity contribution is 9.10. The molecule has 3 rings (SSSR count). The molecule has 1 aromatic carbocycles. The van der Waals surface area contributed by atoms with Gasteiger partial charge in [-0.25, -0.2) is 0 Å². The van der Waals surface area contributed by atoms with Crippen LogP contribution in [0.1, 0.15) is 43.7 Å². The molecule has 1 saturated heterocycles. The first-order valence-electron chi connectivity index (χ1n) is 7.51. The lowest BCUT2D eigenvalue weighted by Crippen LogP contribution is -2.31. The van der Waals surface area contributed by atoms with Crippen LogP contribution in [0.5, 0.6) is 0 Å². The SMILES string of the molecule is CCC1CCNC(c2nc(-c3ccc(Br)cc3C)no2)C1. The summed E-state index contributed by atoms with van der Waals surface area (Å²) in [5.74, 6) is 2.14. The Bertz CT molecular complexity index is 626. The van der Waals surface area contributed by atoms with Crippen molar-refractivity contribution in [2.24, 2.45) is 5.92 Å². The van der Waals surface area contributed by atoms with Crippen LogP contribution in [0, 0.1) is 12.8 Å². The number of aromatic nitrogens is 2. The van der Waals surface area contributed by atoms with Crippen molar-refractivity contribution < 1.29 is 4.52 Å². The molecule has 0 amide bonds. The van der Waals surface area contributed by atoms with Gasteiger partial charge in [0.1, 0.15) is 0 Å². The monoisotopic (exact) mass is 349 g/mol. The molecule has 1 aliphatic heterocycles. The lowest BCUT2D eigenvalue weighted by Gasteiger charge is -2.27. The second-order valence-electron chi connectivity index (χ2n) is 5.72. The second-order valence-corrected chi connectivity index (χ2v) is 6.64. The molecular weight excluding hydrogens is 330 g/mol. The molecule has 2 unspecified atom stereocenters.